The Morgan fingerprint density at radius 1 is 1.67 bits per heavy atom. The lowest BCUT2D eigenvalue weighted by Crippen LogP contribution is -2.28. The van der Waals surface area contributed by atoms with E-state index in [0.717, 1.165) is 11.3 Å². The van der Waals surface area contributed by atoms with Gasteiger partial charge in [-0.2, -0.15) is 0 Å². The van der Waals surface area contributed by atoms with Gasteiger partial charge in [0, 0.05) is 13.2 Å². The number of aromatic nitrogens is 1. The Labute approximate surface area is 90.1 Å². The second-order valence-corrected chi connectivity index (χ2v) is 3.40. The van der Waals surface area contributed by atoms with E-state index < -0.39 is 0 Å². The number of pyridine rings is 1. The highest BCUT2D eigenvalue weighted by molar-refractivity contribution is 5.78. The van der Waals surface area contributed by atoms with Crippen molar-refractivity contribution < 1.29 is 4.79 Å². The zero-order valence-electron chi connectivity index (χ0n) is 9.03. The molecule has 1 heterocycles. The molecular formula is C12H14N2O. The lowest BCUT2D eigenvalue weighted by Gasteiger charge is -2.13. The van der Waals surface area contributed by atoms with Crippen LogP contribution in [0.2, 0.25) is 0 Å². The quantitative estimate of drug-likeness (QED) is 0.686. The summed E-state index contributed by atoms with van der Waals surface area (Å²) in [4.78, 5) is 17.3. The molecular weight excluding hydrogens is 188 g/mol. The maximum Gasteiger partial charge on any atom is 0.229 e. The van der Waals surface area contributed by atoms with Crippen LogP contribution in [0, 0.1) is 19.3 Å². The van der Waals surface area contributed by atoms with Crippen molar-refractivity contribution in [2.75, 3.05) is 13.6 Å². The van der Waals surface area contributed by atoms with Gasteiger partial charge in [-0.15, -0.1) is 6.42 Å². The van der Waals surface area contributed by atoms with Crippen molar-refractivity contribution in [2.45, 2.75) is 13.3 Å². The van der Waals surface area contributed by atoms with Crippen molar-refractivity contribution in [1.82, 2.24) is 9.88 Å². The van der Waals surface area contributed by atoms with E-state index in [9.17, 15) is 4.79 Å². The lowest BCUT2D eigenvalue weighted by atomic mass is 10.1. The summed E-state index contributed by atoms with van der Waals surface area (Å²) in [7, 11) is 1.69. The van der Waals surface area contributed by atoms with Crippen LogP contribution in [0.5, 0.6) is 0 Å². The van der Waals surface area contributed by atoms with Crippen molar-refractivity contribution in [1.29, 1.82) is 0 Å². The van der Waals surface area contributed by atoms with Gasteiger partial charge in [-0.1, -0.05) is 12.0 Å². The fourth-order valence-electron chi connectivity index (χ4n) is 1.21. The van der Waals surface area contributed by atoms with E-state index in [2.05, 4.69) is 10.9 Å². The summed E-state index contributed by atoms with van der Waals surface area (Å²) in [6, 6.07) is 3.80. The van der Waals surface area contributed by atoms with Gasteiger partial charge in [0.25, 0.3) is 0 Å². The first kappa shape index (κ1) is 11.3. The molecule has 0 unspecified atom stereocenters. The highest BCUT2D eigenvalue weighted by atomic mass is 16.2. The van der Waals surface area contributed by atoms with E-state index in [-0.39, 0.29) is 5.91 Å². The lowest BCUT2D eigenvalue weighted by molar-refractivity contribution is -0.128. The molecule has 0 bridgehead atoms. The smallest absolute Gasteiger partial charge is 0.229 e. The monoisotopic (exact) mass is 202 g/mol. The third kappa shape index (κ3) is 3.10. The van der Waals surface area contributed by atoms with Gasteiger partial charge >= 0.3 is 0 Å². The van der Waals surface area contributed by atoms with E-state index in [1.165, 1.54) is 4.90 Å². The number of terminal acetylenes is 1. The molecule has 78 valence electrons. The maximum absolute atomic E-state index is 11.6. The summed E-state index contributed by atoms with van der Waals surface area (Å²) in [5.41, 5.74) is 1.84. The molecule has 3 heteroatoms. The molecule has 1 rings (SSSR count). The molecule has 3 nitrogen and oxygen atoms in total. The third-order valence-corrected chi connectivity index (χ3v) is 2.19. The number of nitrogens with zero attached hydrogens (tertiary/aromatic N) is 2. The van der Waals surface area contributed by atoms with E-state index in [0.29, 0.717) is 13.0 Å². The minimum atomic E-state index is -0.00486. The molecule has 0 saturated carbocycles. The third-order valence-electron chi connectivity index (χ3n) is 2.19. The molecule has 0 atom stereocenters. The summed E-state index contributed by atoms with van der Waals surface area (Å²) in [6.07, 6.45) is 7.13. The highest BCUT2D eigenvalue weighted by Crippen LogP contribution is 2.05. The molecule has 0 spiro atoms. The first-order valence-electron chi connectivity index (χ1n) is 4.73. The Morgan fingerprint density at radius 2 is 2.40 bits per heavy atom. The number of likely N-dealkylation sites (N-methyl/N-ethyl adjacent to an activating group) is 1. The van der Waals surface area contributed by atoms with Crippen molar-refractivity contribution in [2.24, 2.45) is 0 Å². The van der Waals surface area contributed by atoms with E-state index in [4.69, 9.17) is 6.42 Å². The van der Waals surface area contributed by atoms with Crippen molar-refractivity contribution in [3.05, 3.63) is 29.6 Å². The Morgan fingerprint density at radius 3 is 3.00 bits per heavy atom. The van der Waals surface area contributed by atoms with Crippen LogP contribution in [0.25, 0.3) is 0 Å². The standard InChI is InChI=1S/C12H14N2O/c1-4-8-14(3)12(15)9-11-10(2)6-5-7-13-11/h1,5-7H,8-9H2,2-3H3. The number of rotatable bonds is 3. The van der Waals surface area contributed by atoms with E-state index >= 15 is 0 Å². The van der Waals surface area contributed by atoms with Gasteiger partial charge in [0.15, 0.2) is 0 Å². The summed E-state index contributed by atoms with van der Waals surface area (Å²) in [5.74, 6) is 2.43. The fraction of sp³-hybridized carbons (Fsp3) is 0.333. The molecule has 0 saturated heterocycles. The normalized spacial score (nSPS) is 9.40. The van der Waals surface area contributed by atoms with Crippen LogP contribution in [-0.2, 0) is 11.2 Å². The fourth-order valence-corrected chi connectivity index (χ4v) is 1.21. The van der Waals surface area contributed by atoms with Gasteiger partial charge in [-0.05, 0) is 18.6 Å². The van der Waals surface area contributed by atoms with E-state index in [1.54, 1.807) is 13.2 Å². The molecule has 0 aromatic carbocycles. The molecule has 1 amide bonds. The Bertz CT molecular complexity index is 393. The molecule has 0 aliphatic rings. The number of carbonyl (C=O) groups is 1. The van der Waals surface area contributed by atoms with Gasteiger partial charge in [0.2, 0.25) is 5.91 Å². The number of amides is 1. The predicted molar refractivity (Wildman–Crippen MR) is 59.1 cm³/mol. The molecule has 0 fully saturated rings. The van der Waals surface area contributed by atoms with Gasteiger partial charge in [0.05, 0.1) is 18.7 Å². The molecule has 15 heavy (non-hydrogen) atoms. The molecule has 0 aliphatic heterocycles. The SMILES string of the molecule is C#CCN(C)C(=O)Cc1ncccc1C. The number of aryl methyl sites for hydroxylation is 1. The van der Waals surface area contributed by atoms with Crippen molar-refractivity contribution in [3.63, 3.8) is 0 Å². The average Bonchev–Trinajstić information content (AvgIpc) is 2.21. The van der Waals surface area contributed by atoms with Gasteiger partial charge in [-0.25, -0.2) is 0 Å². The van der Waals surface area contributed by atoms with Crippen LogP contribution in [0.15, 0.2) is 18.3 Å². The van der Waals surface area contributed by atoms with Crippen LogP contribution < -0.4 is 0 Å². The predicted octanol–water partition coefficient (Wildman–Crippen LogP) is 1.02. The minimum absolute atomic E-state index is 0.00486. The highest BCUT2D eigenvalue weighted by Gasteiger charge is 2.10. The van der Waals surface area contributed by atoms with Crippen LogP contribution in [0.3, 0.4) is 0 Å². The summed E-state index contributed by atoms with van der Waals surface area (Å²) in [5, 5.41) is 0. The summed E-state index contributed by atoms with van der Waals surface area (Å²) in [6.45, 7) is 2.28. The molecule has 0 aliphatic carbocycles. The van der Waals surface area contributed by atoms with Crippen LogP contribution in [0.4, 0.5) is 0 Å². The Hall–Kier alpha value is -1.82. The minimum Gasteiger partial charge on any atom is -0.334 e. The maximum atomic E-state index is 11.6. The molecule has 0 radical (unpaired) electrons. The van der Waals surface area contributed by atoms with Crippen LogP contribution in [-0.4, -0.2) is 29.4 Å². The van der Waals surface area contributed by atoms with E-state index in [1.807, 2.05) is 19.1 Å². The van der Waals surface area contributed by atoms with Gasteiger partial charge in [-0.3, -0.25) is 9.78 Å². The van der Waals surface area contributed by atoms with Crippen LogP contribution >= 0.6 is 0 Å². The number of hydrogen-bond donors (Lipinski definition) is 0. The number of carbonyl (C=O) groups excluding carboxylic acids is 1. The molecule has 1 aromatic heterocycles. The van der Waals surface area contributed by atoms with Gasteiger partial charge in [0.1, 0.15) is 0 Å². The molecule has 0 N–H and O–H groups in total. The van der Waals surface area contributed by atoms with Crippen molar-refractivity contribution in [3.8, 4) is 12.3 Å². The average molecular weight is 202 g/mol. The van der Waals surface area contributed by atoms with Crippen molar-refractivity contribution >= 4 is 5.91 Å². The van der Waals surface area contributed by atoms with Crippen LogP contribution in [0.1, 0.15) is 11.3 Å². The second kappa shape index (κ2) is 5.16. The largest absolute Gasteiger partial charge is 0.334 e. The second-order valence-electron chi connectivity index (χ2n) is 3.40. The zero-order valence-corrected chi connectivity index (χ0v) is 9.03. The summed E-state index contributed by atoms with van der Waals surface area (Å²) < 4.78 is 0. The number of hydrogen-bond acceptors (Lipinski definition) is 2. The Balaban J connectivity index is 2.67. The zero-order chi connectivity index (χ0) is 11.3. The first-order chi connectivity index (χ1) is 7.15. The topological polar surface area (TPSA) is 33.2 Å². The molecule has 1 aromatic rings. The summed E-state index contributed by atoms with van der Waals surface area (Å²) >= 11 is 0. The Kier molecular flexibility index (Phi) is 3.87. The first-order valence-corrected chi connectivity index (χ1v) is 4.73. The van der Waals surface area contributed by atoms with Gasteiger partial charge < -0.3 is 4.90 Å².